The third-order valence-corrected chi connectivity index (χ3v) is 5.50. The van der Waals surface area contributed by atoms with Gasteiger partial charge in [0.05, 0.1) is 32.0 Å². The molecule has 0 unspecified atom stereocenters. The van der Waals surface area contributed by atoms with Crippen LogP contribution in [0.4, 0.5) is 4.39 Å². The van der Waals surface area contributed by atoms with Gasteiger partial charge in [-0.15, -0.1) is 0 Å². The van der Waals surface area contributed by atoms with Crippen LogP contribution in [0.5, 0.6) is 0 Å². The molecule has 180 valence electrons. The molecular formula is C26H35FN2O4. The van der Waals surface area contributed by atoms with E-state index >= 15 is 0 Å². The van der Waals surface area contributed by atoms with Crippen LogP contribution in [0.3, 0.4) is 0 Å². The average molecular weight is 459 g/mol. The quantitative estimate of drug-likeness (QED) is 0.560. The summed E-state index contributed by atoms with van der Waals surface area (Å²) in [6, 6.07) is 15.5. The molecule has 0 spiro atoms. The van der Waals surface area contributed by atoms with E-state index in [0.717, 1.165) is 12.1 Å². The molecule has 0 aliphatic carbocycles. The number of rotatable bonds is 11. The van der Waals surface area contributed by atoms with Gasteiger partial charge >= 0.3 is 0 Å². The highest BCUT2D eigenvalue weighted by Gasteiger charge is 2.27. The van der Waals surface area contributed by atoms with Gasteiger partial charge < -0.3 is 19.5 Å². The highest BCUT2D eigenvalue weighted by molar-refractivity contribution is 5.94. The van der Waals surface area contributed by atoms with Crippen LogP contribution >= 0.6 is 0 Å². The van der Waals surface area contributed by atoms with Crippen molar-refractivity contribution in [3.8, 4) is 0 Å². The first kappa shape index (κ1) is 25.3. The molecular weight excluding hydrogens is 423 g/mol. The van der Waals surface area contributed by atoms with Crippen molar-refractivity contribution < 1.29 is 23.8 Å². The molecule has 0 saturated carbocycles. The summed E-state index contributed by atoms with van der Waals surface area (Å²) in [6.45, 7) is 8.28. The third-order valence-electron chi connectivity index (χ3n) is 5.50. The summed E-state index contributed by atoms with van der Waals surface area (Å²) in [5, 5.41) is 10.4. The predicted octanol–water partition coefficient (Wildman–Crippen LogP) is 3.20. The lowest BCUT2D eigenvalue weighted by atomic mass is 10.1. The van der Waals surface area contributed by atoms with Crippen molar-refractivity contribution in [3.63, 3.8) is 0 Å². The maximum absolute atomic E-state index is 13.3. The highest BCUT2D eigenvalue weighted by Crippen LogP contribution is 2.14. The number of aliphatic hydroxyl groups is 1. The van der Waals surface area contributed by atoms with Gasteiger partial charge in [-0.1, -0.05) is 44.2 Å². The van der Waals surface area contributed by atoms with Crippen LogP contribution in [0.2, 0.25) is 0 Å². The van der Waals surface area contributed by atoms with Crippen LogP contribution in [-0.2, 0) is 16.1 Å². The smallest absolute Gasteiger partial charge is 0.253 e. The van der Waals surface area contributed by atoms with Crippen LogP contribution in [0.15, 0.2) is 54.6 Å². The fourth-order valence-corrected chi connectivity index (χ4v) is 4.00. The van der Waals surface area contributed by atoms with Crippen molar-refractivity contribution in [2.45, 2.75) is 32.7 Å². The number of benzene rings is 2. The van der Waals surface area contributed by atoms with E-state index in [1.165, 1.54) is 24.3 Å². The molecule has 0 bridgehead atoms. The van der Waals surface area contributed by atoms with Crippen LogP contribution in [0.1, 0.15) is 29.8 Å². The average Bonchev–Trinajstić information content (AvgIpc) is 2.79. The Morgan fingerprint density at radius 3 is 2.64 bits per heavy atom. The van der Waals surface area contributed by atoms with Gasteiger partial charge in [0, 0.05) is 38.3 Å². The van der Waals surface area contributed by atoms with Crippen molar-refractivity contribution in [1.82, 2.24) is 9.80 Å². The first-order valence-corrected chi connectivity index (χ1v) is 11.6. The Hall–Kier alpha value is -2.32. The number of carbonyl (C=O) groups excluding carboxylic acids is 1. The van der Waals surface area contributed by atoms with Crippen LogP contribution < -0.4 is 0 Å². The highest BCUT2D eigenvalue weighted by atomic mass is 19.1. The Balaban J connectivity index is 1.49. The number of nitrogens with zero attached hydrogens (tertiary/aromatic N) is 2. The molecule has 1 aliphatic rings. The lowest BCUT2D eigenvalue weighted by Gasteiger charge is -2.37. The molecule has 33 heavy (non-hydrogen) atoms. The lowest BCUT2D eigenvalue weighted by molar-refractivity contribution is -0.0602. The van der Waals surface area contributed by atoms with Gasteiger partial charge in [-0.2, -0.15) is 0 Å². The molecule has 0 radical (unpaired) electrons. The van der Waals surface area contributed by atoms with Crippen molar-refractivity contribution in [1.29, 1.82) is 0 Å². The van der Waals surface area contributed by atoms with Gasteiger partial charge in [-0.3, -0.25) is 9.69 Å². The molecule has 1 amide bonds. The van der Waals surface area contributed by atoms with E-state index in [4.69, 9.17) is 9.47 Å². The third kappa shape index (κ3) is 8.51. The summed E-state index contributed by atoms with van der Waals surface area (Å²) in [7, 11) is 0. The van der Waals surface area contributed by atoms with E-state index in [1.807, 2.05) is 30.3 Å². The van der Waals surface area contributed by atoms with Gasteiger partial charge in [0.1, 0.15) is 5.82 Å². The number of amides is 1. The number of hydrogen-bond donors (Lipinski definition) is 1. The summed E-state index contributed by atoms with van der Waals surface area (Å²) < 4.78 is 24.9. The van der Waals surface area contributed by atoms with Crippen molar-refractivity contribution >= 4 is 5.91 Å². The maximum Gasteiger partial charge on any atom is 0.253 e. The summed E-state index contributed by atoms with van der Waals surface area (Å²) in [5.74, 6) is -0.198. The molecule has 2 aromatic rings. The Labute approximate surface area is 195 Å². The zero-order valence-corrected chi connectivity index (χ0v) is 19.5. The number of aliphatic hydroxyl groups excluding tert-OH is 1. The van der Waals surface area contributed by atoms with Gasteiger partial charge in [0.2, 0.25) is 0 Å². The first-order valence-electron chi connectivity index (χ1n) is 11.6. The van der Waals surface area contributed by atoms with Crippen LogP contribution in [0.25, 0.3) is 0 Å². The topological polar surface area (TPSA) is 62.2 Å². The van der Waals surface area contributed by atoms with Crippen molar-refractivity contribution in [3.05, 3.63) is 71.5 Å². The summed E-state index contributed by atoms with van der Waals surface area (Å²) >= 11 is 0. The van der Waals surface area contributed by atoms with E-state index in [0.29, 0.717) is 45.0 Å². The Morgan fingerprint density at radius 2 is 1.94 bits per heavy atom. The maximum atomic E-state index is 13.3. The summed E-state index contributed by atoms with van der Waals surface area (Å²) in [4.78, 5) is 17.0. The van der Waals surface area contributed by atoms with Crippen molar-refractivity contribution in [2.75, 3.05) is 45.9 Å². The number of halogens is 1. The molecule has 1 fully saturated rings. The minimum Gasteiger partial charge on any atom is -0.389 e. The summed E-state index contributed by atoms with van der Waals surface area (Å²) in [5.41, 5.74) is 1.54. The molecule has 3 rings (SSSR count). The Kier molecular flexibility index (Phi) is 9.81. The Bertz CT molecular complexity index is 847. The van der Waals surface area contributed by atoms with Crippen LogP contribution in [0, 0.1) is 11.7 Å². The number of hydrogen-bond acceptors (Lipinski definition) is 5. The largest absolute Gasteiger partial charge is 0.389 e. The van der Waals surface area contributed by atoms with Crippen molar-refractivity contribution in [2.24, 2.45) is 5.92 Å². The SMILES string of the molecule is CC(C)CN(C[C@@H]1CN(C[C@H](O)COCc2ccccc2)CCO1)C(=O)c1ccc(F)cc1. The number of morpholine rings is 1. The van der Waals surface area contributed by atoms with Gasteiger partial charge in [0.15, 0.2) is 0 Å². The van der Waals surface area contributed by atoms with E-state index in [-0.39, 0.29) is 30.4 Å². The zero-order chi connectivity index (χ0) is 23.6. The molecule has 1 saturated heterocycles. The molecule has 1 N–H and O–H groups in total. The van der Waals surface area contributed by atoms with Gasteiger partial charge in [-0.05, 0) is 35.7 Å². The molecule has 6 nitrogen and oxygen atoms in total. The minimum absolute atomic E-state index is 0.126. The minimum atomic E-state index is -0.597. The molecule has 0 aromatic heterocycles. The van der Waals surface area contributed by atoms with Crippen LogP contribution in [-0.4, -0.2) is 79.0 Å². The molecule has 1 heterocycles. The summed E-state index contributed by atoms with van der Waals surface area (Å²) in [6.07, 6.45) is -0.751. The number of β-amino-alcohol motifs (C(OH)–C–C–N with tert-alkyl or cyclic N) is 1. The zero-order valence-electron chi connectivity index (χ0n) is 19.5. The van der Waals surface area contributed by atoms with Gasteiger partial charge in [-0.25, -0.2) is 4.39 Å². The predicted molar refractivity (Wildman–Crippen MR) is 125 cm³/mol. The molecule has 7 heteroatoms. The van der Waals surface area contributed by atoms with E-state index in [2.05, 4.69) is 18.7 Å². The lowest BCUT2D eigenvalue weighted by Crippen LogP contribution is -2.51. The van der Waals surface area contributed by atoms with E-state index in [1.54, 1.807) is 4.90 Å². The molecule has 2 aromatic carbocycles. The number of ether oxygens (including phenoxy) is 2. The normalized spacial score (nSPS) is 17.8. The fourth-order valence-electron chi connectivity index (χ4n) is 4.00. The second-order valence-corrected chi connectivity index (χ2v) is 9.02. The monoisotopic (exact) mass is 458 g/mol. The molecule has 1 aliphatic heterocycles. The Morgan fingerprint density at radius 1 is 1.21 bits per heavy atom. The standard InChI is InChI=1S/C26H35FN2O4/c1-20(2)14-29(26(31)22-8-10-23(27)11-9-22)17-25-16-28(12-13-33-25)15-24(30)19-32-18-21-6-4-3-5-7-21/h3-11,20,24-25,30H,12-19H2,1-2H3/t24-,25-/m0/s1. The second kappa shape index (κ2) is 12.8. The second-order valence-electron chi connectivity index (χ2n) is 9.02. The number of carbonyl (C=O) groups is 1. The fraction of sp³-hybridized carbons (Fsp3) is 0.500. The molecule has 2 atom stereocenters. The first-order chi connectivity index (χ1) is 15.9. The van der Waals surface area contributed by atoms with E-state index < -0.39 is 6.10 Å². The van der Waals surface area contributed by atoms with Gasteiger partial charge in [0.25, 0.3) is 5.91 Å². The van der Waals surface area contributed by atoms with E-state index in [9.17, 15) is 14.3 Å².